The Morgan fingerprint density at radius 2 is 1.94 bits per heavy atom. The monoisotopic (exact) mass is 416 g/mol. The molecule has 4 aromatic rings. The number of pyridine rings is 3. The van der Waals surface area contributed by atoms with Gasteiger partial charge in [-0.05, 0) is 48.2 Å². The van der Waals surface area contributed by atoms with Crippen LogP contribution in [0.4, 0.5) is 0 Å². The number of nitrogens with zero attached hydrogens (tertiary/aromatic N) is 4. The normalized spacial score (nSPS) is 11.4. The van der Waals surface area contributed by atoms with E-state index in [-0.39, 0.29) is 35.0 Å². The Balaban J connectivity index is 2.02. The van der Waals surface area contributed by atoms with Gasteiger partial charge in [0.25, 0.3) is 11.5 Å². The van der Waals surface area contributed by atoms with E-state index in [1.165, 1.54) is 10.5 Å². The summed E-state index contributed by atoms with van der Waals surface area (Å²) in [5, 5.41) is 11.9. The maximum Gasteiger partial charge on any atom is 0.267 e. The molecule has 8 heteroatoms. The zero-order valence-electron chi connectivity index (χ0n) is 17.7. The smallest absolute Gasteiger partial charge is 0.267 e. The fraction of sp³-hybridized carbons (Fsp3) is 0.261. The molecule has 1 amide bonds. The van der Waals surface area contributed by atoms with Crippen molar-refractivity contribution in [1.82, 2.24) is 24.3 Å². The Labute approximate surface area is 178 Å². The molecule has 0 saturated carbocycles. The summed E-state index contributed by atoms with van der Waals surface area (Å²) in [6.45, 7) is 6.65. The van der Waals surface area contributed by atoms with Gasteiger partial charge in [-0.1, -0.05) is 19.9 Å². The van der Waals surface area contributed by atoms with Crippen LogP contribution >= 0.6 is 0 Å². The molecule has 0 aliphatic heterocycles. The quantitative estimate of drug-likeness (QED) is 0.487. The summed E-state index contributed by atoms with van der Waals surface area (Å²) in [7, 11) is 0. The molecule has 0 aliphatic carbocycles. The molecular weight excluding hydrogens is 392 g/mol. The predicted octanol–water partition coefficient (Wildman–Crippen LogP) is 2.27. The van der Waals surface area contributed by atoms with Crippen molar-refractivity contribution in [3.05, 3.63) is 81.5 Å². The number of fused-ring (bicyclic) bond motifs is 2. The molecule has 0 radical (unpaired) electrons. The fourth-order valence-corrected chi connectivity index (χ4v) is 3.49. The molecule has 4 heterocycles. The van der Waals surface area contributed by atoms with E-state index in [2.05, 4.69) is 10.3 Å². The minimum Gasteiger partial charge on any atom is -0.352 e. The lowest BCUT2D eigenvalue weighted by Gasteiger charge is -2.15. The standard InChI is InChI=1S/C23H24N6O2/c1-14(2)12-26-22(30)17-11-18-21(27-20-15(3)5-4-10-28(20)23(18)31)29(19(17)24)13-16-6-8-25-9-7-16/h4-11,14,24H,12-13H2,1-3H3,(H,26,30). The van der Waals surface area contributed by atoms with Crippen LogP contribution in [0.5, 0.6) is 0 Å². The second-order valence-corrected chi connectivity index (χ2v) is 7.99. The lowest BCUT2D eigenvalue weighted by atomic mass is 10.1. The van der Waals surface area contributed by atoms with Gasteiger partial charge in [-0.15, -0.1) is 0 Å². The van der Waals surface area contributed by atoms with E-state index in [0.29, 0.717) is 23.2 Å². The number of hydrogen-bond donors (Lipinski definition) is 2. The second-order valence-electron chi connectivity index (χ2n) is 7.99. The number of rotatable bonds is 5. The van der Waals surface area contributed by atoms with Crippen molar-refractivity contribution < 1.29 is 4.79 Å². The molecular formula is C23H24N6O2. The maximum absolute atomic E-state index is 13.3. The largest absolute Gasteiger partial charge is 0.352 e. The minimum atomic E-state index is -0.377. The molecule has 0 saturated heterocycles. The Hall–Kier alpha value is -3.81. The van der Waals surface area contributed by atoms with E-state index in [9.17, 15) is 9.59 Å². The molecule has 0 fully saturated rings. The summed E-state index contributed by atoms with van der Waals surface area (Å²) in [6.07, 6.45) is 5.00. The Morgan fingerprint density at radius 3 is 2.65 bits per heavy atom. The third-order valence-corrected chi connectivity index (χ3v) is 5.14. The summed E-state index contributed by atoms with van der Waals surface area (Å²) in [4.78, 5) is 34.9. The van der Waals surface area contributed by atoms with E-state index < -0.39 is 0 Å². The summed E-state index contributed by atoms with van der Waals surface area (Å²) in [6, 6.07) is 8.83. The van der Waals surface area contributed by atoms with Gasteiger partial charge in [0, 0.05) is 25.1 Å². The number of nitrogens with one attached hydrogen (secondary N) is 2. The van der Waals surface area contributed by atoms with Gasteiger partial charge in [0.2, 0.25) is 0 Å². The van der Waals surface area contributed by atoms with E-state index in [0.717, 1.165) is 11.1 Å². The van der Waals surface area contributed by atoms with Gasteiger partial charge in [0.1, 0.15) is 16.8 Å². The van der Waals surface area contributed by atoms with E-state index in [1.807, 2.05) is 39.0 Å². The molecule has 4 rings (SSSR count). The zero-order chi connectivity index (χ0) is 22.1. The van der Waals surface area contributed by atoms with Crippen LogP contribution in [0.3, 0.4) is 0 Å². The van der Waals surface area contributed by atoms with Crippen molar-refractivity contribution in [3.63, 3.8) is 0 Å². The van der Waals surface area contributed by atoms with Crippen molar-refractivity contribution >= 4 is 22.6 Å². The van der Waals surface area contributed by atoms with E-state index in [4.69, 9.17) is 10.4 Å². The van der Waals surface area contributed by atoms with Crippen LogP contribution in [-0.2, 0) is 6.54 Å². The van der Waals surface area contributed by atoms with E-state index >= 15 is 0 Å². The number of carbonyl (C=O) groups excluding carboxylic acids is 1. The van der Waals surface area contributed by atoms with Crippen molar-refractivity contribution in [3.8, 4) is 0 Å². The molecule has 0 aromatic carbocycles. The molecule has 0 spiro atoms. The highest BCUT2D eigenvalue weighted by atomic mass is 16.1. The second kappa shape index (κ2) is 8.14. The number of aromatic nitrogens is 4. The predicted molar refractivity (Wildman–Crippen MR) is 118 cm³/mol. The fourth-order valence-electron chi connectivity index (χ4n) is 3.49. The van der Waals surface area contributed by atoms with Crippen molar-refractivity contribution in [2.75, 3.05) is 6.54 Å². The summed E-state index contributed by atoms with van der Waals surface area (Å²) in [5.74, 6) is -0.112. The van der Waals surface area contributed by atoms with Crippen molar-refractivity contribution in [2.24, 2.45) is 5.92 Å². The number of amides is 1. The maximum atomic E-state index is 13.3. The number of aryl methyl sites for hydroxylation is 1. The first-order valence-corrected chi connectivity index (χ1v) is 10.1. The topological polar surface area (TPSA) is 105 Å². The average molecular weight is 416 g/mol. The molecule has 31 heavy (non-hydrogen) atoms. The van der Waals surface area contributed by atoms with Gasteiger partial charge in [-0.25, -0.2) is 4.98 Å². The molecule has 0 aliphatic rings. The molecule has 0 bridgehead atoms. The van der Waals surface area contributed by atoms with Crippen molar-refractivity contribution in [1.29, 1.82) is 5.41 Å². The highest BCUT2D eigenvalue weighted by molar-refractivity contribution is 5.96. The minimum absolute atomic E-state index is 0.00963. The van der Waals surface area contributed by atoms with Gasteiger partial charge in [-0.2, -0.15) is 0 Å². The third kappa shape index (κ3) is 3.84. The molecule has 4 aromatic heterocycles. The molecule has 158 valence electrons. The first-order valence-electron chi connectivity index (χ1n) is 10.1. The highest BCUT2D eigenvalue weighted by Crippen LogP contribution is 2.14. The Kier molecular flexibility index (Phi) is 5.37. The van der Waals surface area contributed by atoms with Crippen LogP contribution in [0.25, 0.3) is 16.7 Å². The summed E-state index contributed by atoms with van der Waals surface area (Å²) >= 11 is 0. The van der Waals surface area contributed by atoms with E-state index in [1.54, 1.807) is 29.2 Å². The first kappa shape index (κ1) is 20.5. The van der Waals surface area contributed by atoms with Crippen LogP contribution < -0.4 is 16.4 Å². The van der Waals surface area contributed by atoms with Crippen LogP contribution in [0.1, 0.15) is 35.3 Å². The van der Waals surface area contributed by atoms with Crippen LogP contribution in [-0.4, -0.2) is 31.4 Å². The lowest BCUT2D eigenvalue weighted by Crippen LogP contribution is -2.36. The van der Waals surface area contributed by atoms with Crippen LogP contribution in [0.2, 0.25) is 0 Å². The highest BCUT2D eigenvalue weighted by Gasteiger charge is 2.18. The zero-order valence-corrected chi connectivity index (χ0v) is 17.7. The van der Waals surface area contributed by atoms with Crippen LogP contribution in [0.15, 0.2) is 53.7 Å². The number of carbonyl (C=O) groups is 1. The summed E-state index contributed by atoms with van der Waals surface area (Å²) in [5.41, 5.74) is 2.53. The van der Waals surface area contributed by atoms with Gasteiger partial charge in [0.05, 0.1) is 17.5 Å². The number of hydrogen-bond acceptors (Lipinski definition) is 5. The lowest BCUT2D eigenvalue weighted by molar-refractivity contribution is 0.0946. The average Bonchev–Trinajstić information content (AvgIpc) is 2.75. The molecule has 8 nitrogen and oxygen atoms in total. The van der Waals surface area contributed by atoms with Gasteiger partial charge >= 0.3 is 0 Å². The Bertz CT molecular complexity index is 1400. The molecule has 2 N–H and O–H groups in total. The van der Waals surface area contributed by atoms with Gasteiger partial charge < -0.3 is 9.88 Å². The van der Waals surface area contributed by atoms with Gasteiger partial charge in [0.15, 0.2) is 0 Å². The molecule has 0 unspecified atom stereocenters. The van der Waals surface area contributed by atoms with Crippen LogP contribution in [0, 0.1) is 18.3 Å². The van der Waals surface area contributed by atoms with Crippen molar-refractivity contribution in [2.45, 2.75) is 27.3 Å². The molecule has 0 atom stereocenters. The Morgan fingerprint density at radius 1 is 1.19 bits per heavy atom. The van der Waals surface area contributed by atoms with Gasteiger partial charge in [-0.3, -0.25) is 24.4 Å². The summed E-state index contributed by atoms with van der Waals surface area (Å²) < 4.78 is 3.09. The third-order valence-electron chi connectivity index (χ3n) is 5.14. The SMILES string of the molecule is Cc1cccn2c(=O)c3cc(C(=O)NCC(C)C)c(=N)n(Cc4ccncc4)c3nc12. The first-order chi connectivity index (χ1) is 14.9.